The molecule has 3 rings (SSSR count). The van der Waals surface area contributed by atoms with Crippen LogP contribution in [-0.4, -0.2) is 23.9 Å². The Morgan fingerprint density at radius 2 is 1.55 bits per heavy atom. The predicted octanol–water partition coefficient (Wildman–Crippen LogP) is 3.55. The molecule has 0 heterocycles. The van der Waals surface area contributed by atoms with Gasteiger partial charge in [-0.05, 0) is 49.4 Å². The first-order valence-electron chi connectivity index (χ1n) is 9.61. The fraction of sp³-hybridized carbons (Fsp3) is 0.125. The second-order valence-electron chi connectivity index (χ2n) is 6.74. The van der Waals surface area contributed by atoms with E-state index in [2.05, 4.69) is 5.32 Å². The standard InChI is InChI=1S/C24H22N2O5/c1-16(23(28)26-19-13-11-17(12-14-19)22(25)27)31-24(29)21-10-6-5-7-18(21)15-30-20-8-3-2-4-9-20/h2-14,16H,15H2,1H3,(H2,25,27)(H,26,28)/t16-/m0/s1. The SMILES string of the molecule is C[C@H](OC(=O)c1ccccc1COc1ccccc1)C(=O)Nc1ccc(C(N)=O)cc1. The number of hydrogen-bond acceptors (Lipinski definition) is 5. The maximum Gasteiger partial charge on any atom is 0.339 e. The van der Waals surface area contributed by atoms with E-state index in [1.165, 1.54) is 19.1 Å². The van der Waals surface area contributed by atoms with Crippen molar-refractivity contribution in [2.24, 2.45) is 5.73 Å². The third kappa shape index (κ3) is 5.93. The maximum absolute atomic E-state index is 12.7. The van der Waals surface area contributed by atoms with Crippen LogP contribution in [0.25, 0.3) is 0 Å². The molecular weight excluding hydrogens is 396 g/mol. The molecular formula is C24H22N2O5. The van der Waals surface area contributed by atoms with Gasteiger partial charge in [-0.3, -0.25) is 9.59 Å². The van der Waals surface area contributed by atoms with Gasteiger partial charge in [0.25, 0.3) is 5.91 Å². The van der Waals surface area contributed by atoms with Gasteiger partial charge in [0.1, 0.15) is 12.4 Å². The number of carbonyl (C=O) groups is 3. The van der Waals surface area contributed by atoms with Crippen molar-refractivity contribution in [3.63, 3.8) is 0 Å². The van der Waals surface area contributed by atoms with Gasteiger partial charge < -0.3 is 20.5 Å². The average Bonchev–Trinajstić information content (AvgIpc) is 2.78. The van der Waals surface area contributed by atoms with Gasteiger partial charge in [-0.1, -0.05) is 36.4 Å². The van der Waals surface area contributed by atoms with Crippen LogP contribution in [0.5, 0.6) is 5.75 Å². The molecule has 2 amide bonds. The molecule has 1 atom stereocenters. The number of benzene rings is 3. The third-order valence-electron chi connectivity index (χ3n) is 4.46. The first-order valence-corrected chi connectivity index (χ1v) is 9.61. The van der Waals surface area contributed by atoms with Crippen LogP contribution in [0.1, 0.15) is 33.2 Å². The minimum absolute atomic E-state index is 0.183. The molecule has 0 aromatic heterocycles. The Balaban J connectivity index is 1.61. The van der Waals surface area contributed by atoms with Crippen LogP contribution in [0.2, 0.25) is 0 Å². The maximum atomic E-state index is 12.7. The molecule has 3 N–H and O–H groups in total. The van der Waals surface area contributed by atoms with Gasteiger partial charge in [0.2, 0.25) is 5.91 Å². The van der Waals surface area contributed by atoms with Crippen molar-refractivity contribution in [1.82, 2.24) is 0 Å². The van der Waals surface area contributed by atoms with Crippen molar-refractivity contribution in [2.75, 3.05) is 5.32 Å². The highest BCUT2D eigenvalue weighted by molar-refractivity contribution is 5.98. The summed E-state index contributed by atoms with van der Waals surface area (Å²) >= 11 is 0. The smallest absolute Gasteiger partial charge is 0.339 e. The van der Waals surface area contributed by atoms with E-state index in [1.807, 2.05) is 30.3 Å². The molecule has 7 nitrogen and oxygen atoms in total. The lowest BCUT2D eigenvalue weighted by Crippen LogP contribution is -2.30. The largest absolute Gasteiger partial charge is 0.489 e. The Kier molecular flexibility index (Phi) is 7.01. The summed E-state index contributed by atoms with van der Waals surface area (Å²) in [7, 11) is 0. The van der Waals surface area contributed by atoms with Gasteiger partial charge in [0.15, 0.2) is 6.10 Å². The molecule has 31 heavy (non-hydrogen) atoms. The highest BCUT2D eigenvalue weighted by Crippen LogP contribution is 2.17. The summed E-state index contributed by atoms with van der Waals surface area (Å²) in [5, 5.41) is 2.63. The molecule has 158 valence electrons. The van der Waals surface area contributed by atoms with Crippen molar-refractivity contribution in [2.45, 2.75) is 19.6 Å². The first-order chi connectivity index (χ1) is 14.9. The summed E-state index contributed by atoms with van der Waals surface area (Å²) in [6, 6.07) is 22.2. The minimum atomic E-state index is -1.04. The third-order valence-corrected chi connectivity index (χ3v) is 4.46. The van der Waals surface area contributed by atoms with Gasteiger partial charge in [-0.15, -0.1) is 0 Å². The normalized spacial score (nSPS) is 11.3. The van der Waals surface area contributed by atoms with Crippen molar-refractivity contribution in [1.29, 1.82) is 0 Å². The van der Waals surface area contributed by atoms with E-state index >= 15 is 0 Å². The zero-order valence-electron chi connectivity index (χ0n) is 16.9. The van der Waals surface area contributed by atoms with Crippen LogP contribution >= 0.6 is 0 Å². The summed E-state index contributed by atoms with van der Waals surface area (Å²) in [6.45, 7) is 1.66. The van der Waals surface area contributed by atoms with E-state index in [0.29, 0.717) is 28.1 Å². The quantitative estimate of drug-likeness (QED) is 0.544. The van der Waals surface area contributed by atoms with Crippen molar-refractivity contribution in [3.05, 3.63) is 95.6 Å². The Morgan fingerprint density at radius 1 is 0.903 bits per heavy atom. The Hall–Kier alpha value is -4.13. The number of ether oxygens (including phenoxy) is 2. The van der Waals surface area contributed by atoms with E-state index in [4.69, 9.17) is 15.2 Å². The molecule has 0 radical (unpaired) electrons. The number of carbonyl (C=O) groups excluding carboxylic acids is 3. The van der Waals surface area contributed by atoms with E-state index < -0.39 is 23.9 Å². The molecule has 0 unspecified atom stereocenters. The summed E-state index contributed by atoms with van der Waals surface area (Å²) in [4.78, 5) is 36.2. The molecule has 0 fully saturated rings. The average molecular weight is 418 g/mol. The Morgan fingerprint density at radius 3 is 2.23 bits per heavy atom. The number of amides is 2. The monoisotopic (exact) mass is 418 g/mol. The van der Waals surface area contributed by atoms with E-state index in [9.17, 15) is 14.4 Å². The molecule has 3 aromatic rings. The molecule has 0 spiro atoms. The number of nitrogens with one attached hydrogen (secondary N) is 1. The highest BCUT2D eigenvalue weighted by atomic mass is 16.5. The van der Waals surface area contributed by atoms with Crippen LogP contribution in [0.15, 0.2) is 78.9 Å². The van der Waals surface area contributed by atoms with Gasteiger partial charge in [0.05, 0.1) is 5.56 Å². The van der Waals surface area contributed by atoms with Crippen LogP contribution in [-0.2, 0) is 16.1 Å². The molecule has 0 aliphatic heterocycles. The number of anilines is 1. The number of primary amides is 1. The minimum Gasteiger partial charge on any atom is -0.489 e. The molecule has 0 saturated carbocycles. The van der Waals surface area contributed by atoms with E-state index in [1.54, 1.807) is 36.4 Å². The molecule has 0 aliphatic rings. The molecule has 7 heteroatoms. The zero-order valence-corrected chi connectivity index (χ0v) is 16.9. The van der Waals surface area contributed by atoms with E-state index in [-0.39, 0.29) is 6.61 Å². The Labute approximate surface area is 179 Å². The molecule has 0 aliphatic carbocycles. The lowest BCUT2D eigenvalue weighted by Gasteiger charge is -2.15. The fourth-order valence-corrected chi connectivity index (χ4v) is 2.76. The summed E-state index contributed by atoms with van der Waals surface area (Å²) in [5.41, 5.74) is 6.94. The first kappa shape index (κ1) is 21.6. The van der Waals surface area contributed by atoms with Crippen LogP contribution in [0.4, 0.5) is 5.69 Å². The number of para-hydroxylation sites is 1. The summed E-state index contributed by atoms with van der Waals surface area (Å²) < 4.78 is 11.1. The summed E-state index contributed by atoms with van der Waals surface area (Å²) in [5.74, 6) is -1.01. The Bertz CT molecular complexity index is 1060. The summed E-state index contributed by atoms with van der Waals surface area (Å²) in [6.07, 6.45) is -1.04. The van der Waals surface area contributed by atoms with Gasteiger partial charge in [-0.2, -0.15) is 0 Å². The number of hydrogen-bond donors (Lipinski definition) is 2. The molecule has 0 bridgehead atoms. The molecule has 0 saturated heterocycles. The number of esters is 1. The van der Waals surface area contributed by atoms with Crippen molar-refractivity contribution < 1.29 is 23.9 Å². The molecule has 3 aromatic carbocycles. The van der Waals surface area contributed by atoms with Crippen molar-refractivity contribution in [3.8, 4) is 5.75 Å². The second kappa shape index (κ2) is 10.1. The van der Waals surface area contributed by atoms with Crippen LogP contribution in [0.3, 0.4) is 0 Å². The van der Waals surface area contributed by atoms with Gasteiger partial charge in [0, 0.05) is 16.8 Å². The number of rotatable bonds is 8. The van der Waals surface area contributed by atoms with Gasteiger partial charge >= 0.3 is 5.97 Å². The van der Waals surface area contributed by atoms with Crippen LogP contribution < -0.4 is 15.8 Å². The topological polar surface area (TPSA) is 108 Å². The number of nitrogens with two attached hydrogens (primary N) is 1. The highest BCUT2D eigenvalue weighted by Gasteiger charge is 2.21. The van der Waals surface area contributed by atoms with Gasteiger partial charge in [-0.25, -0.2) is 4.79 Å². The lowest BCUT2D eigenvalue weighted by molar-refractivity contribution is -0.123. The predicted molar refractivity (Wildman–Crippen MR) is 116 cm³/mol. The van der Waals surface area contributed by atoms with E-state index in [0.717, 1.165) is 0 Å². The second-order valence-corrected chi connectivity index (χ2v) is 6.74. The lowest BCUT2D eigenvalue weighted by atomic mass is 10.1. The fourth-order valence-electron chi connectivity index (χ4n) is 2.76. The zero-order chi connectivity index (χ0) is 22.2. The van der Waals surface area contributed by atoms with Crippen molar-refractivity contribution >= 4 is 23.5 Å². The van der Waals surface area contributed by atoms with Crippen LogP contribution in [0, 0.1) is 0 Å².